The molecule has 0 radical (unpaired) electrons. The van der Waals surface area contributed by atoms with Crippen molar-refractivity contribution < 1.29 is 4.39 Å². The number of hydrogen-bond donors (Lipinski definition) is 2. The van der Waals surface area contributed by atoms with Gasteiger partial charge in [0.2, 0.25) is 0 Å². The van der Waals surface area contributed by atoms with Gasteiger partial charge in [0.25, 0.3) is 0 Å². The van der Waals surface area contributed by atoms with Crippen LogP contribution < -0.4 is 10.6 Å². The fraction of sp³-hybridized carbons (Fsp3) is 0.333. The summed E-state index contributed by atoms with van der Waals surface area (Å²) in [6, 6.07) is 4.39. The molecule has 0 bridgehead atoms. The molecule has 2 aromatic rings. The third-order valence-corrected chi connectivity index (χ3v) is 3.94. The third kappa shape index (κ3) is 3.75. The van der Waals surface area contributed by atoms with E-state index in [2.05, 4.69) is 15.7 Å². The lowest BCUT2D eigenvalue weighted by atomic mass is 10.1. The number of thiocarbonyl (C=S) groups is 1. The van der Waals surface area contributed by atoms with Crippen LogP contribution in [0.4, 0.5) is 10.1 Å². The van der Waals surface area contributed by atoms with E-state index in [0.717, 1.165) is 17.8 Å². The first-order valence-electron chi connectivity index (χ1n) is 6.97. The van der Waals surface area contributed by atoms with E-state index in [1.807, 2.05) is 31.6 Å². The molecule has 0 saturated heterocycles. The Kier molecular flexibility index (Phi) is 5.37. The van der Waals surface area contributed by atoms with Gasteiger partial charge in [0, 0.05) is 23.5 Å². The van der Waals surface area contributed by atoms with Crippen molar-refractivity contribution in [1.29, 1.82) is 0 Å². The number of nitrogens with one attached hydrogen (secondary N) is 2. The van der Waals surface area contributed by atoms with Crippen LogP contribution in [0.1, 0.15) is 31.1 Å². The smallest absolute Gasteiger partial charge is 0.171 e. The molecule has 0 aliphatic heterocycles. The highest BCUT2D eigenvalue weighted by molar-refractivity contribution is 7.80. The summed E-state index contributed by atoms with van der Waals surface area (Å²) in [5, 5.41) is 11.0. The van der Waals surface area contributed by atoms with Crippen LogP contribution in [0, 0.1) is 12.7 Å². The summed E-state index contributed by atoms with van der Waals surface area (Å²) in [5.41, 5.74) is 2.83. The standard InChI is InChI=1S/C15H18ClFN4S/c1-4-21-10(3)12(8-18-21)9(2)19-15(22)20-11-5-6-14(17)13(16)7-11/h5-9H,4H2,1-3H3,(H2,19,20,22). The van der Waals surface area contributed by atoms with E-state index in [4.69, 9.17) is 23.8 Å². The molecule has 2 rings (SSSR count). The van der Waals surface area contributed by atoms with Gasteiger partial charge in [-0.3, -0.25) is 4.68 Å². The van der Waals surface area contributed by atoms with E-state index in [1.54, 1.807) is 6.07 Å². The first kappa shape index (κ1) is 16.7. The molecule has 1 aromatic heterocycles. The highest BCUT2D eigenvalue weighted by Crippen LogP contribution is 2.20. The average molecular weight is 341 g/mol. The predicted octanol–water partition coefficient (Wildman–Crippen LogP) is 4.05. The number of aromatic nitrogens is 2. The van der Waals surface area contributed by atoms with Crippen LogP contribution in [0.15, 0.2) is 24.4 Å². The monoisotopic (exact) mass is 340 g/mol. The molecule has 0 saturated carbocycles. The number of aryl methyl sites for hydroxylation is 1. The minimum atomic E-state index is -0.456. The van der Waals surface area contributed by atoms with Crippen LogP contribution in [-0.4, -0.2) is 14.9 Å². The fourth-order valence-corrected chi connectivity index (χ4v) is 2.70. The molecule has 2 N–H and O–H groups in total. The van der Waals surface area contributed by atoms with Gasteiger partial charge in [0.1, 0.15) is 5.82 Å². The summed E-state index contributed by atoms with van der Waals surface area (Å²) in [6.45, 7) is 6.91. The van der Waals surface area contributed by atoms with E-state index >= 15 is 0 Å². The van der Waals surface area contributed by atoms with Gasteiger partial charge in [-0.25, -0.2) is 4.39 Å². The van der Waals surface area contributed by atoms with Crippen LogP contribution in [0.5, 0.6) is 0 Å². The molecule has 0 amide bonds. The lowest BCUT2D eigenvalue weighted by Crippen LogP contribution is -2.31. The molecule has 118 valence electrons. The Labute approximate surface area is 139 Å². The zero-order valence-electron chi connectivity index (χ0n) is 12.7. The normalized spacial score (nSPS) is 12.0. The highest BCUT2D eigenvalue weighted by atomic mass is 35.5. The molecule has 1 heterocycles. The minimum absolute atomic E-state index is 0.0104. The Bertz CT molecular complexity index is 686. The number of nitrogens with zero attached hydrogens (tertiary/aromatic N) is 2. The van der Waals surface area contributed by atoms with Crippen LogP contribution >= 0.6 is 23.8 Å². The van der Waals surface area contributed by atoms with Gasteiger partial charge in [-0.15, -0.1) is 0 Å². The summed E-state index contributed by atoms with van der Waals surface area (Å²) >= 11 is 11.0. The Morgan fingerprint density at radius 2 is 2.23 bits per heavy atom. The predicted molar refractivity (Wildman–Crippen MR) is 91.8 cm³/mol. The number of anilines is 1. The van der Waals surface area contributed by atoms with E-state index in [1.165, 1.54) is 12.1 Å². The Hall–Kier alpha value is -1.66. The van der Waals surface area contributed by atoms with Gasteiger partial charge in [-0.1, -0.05) is 11.6 Å². The summed E-state index contributed by atoms with van der Waals surface area (Å²) in [5.74, 6) is -0.456. The van der Waals surface area contributed by atoms with Crippen LogP contribution in [0.2, 0.25) is 5.02 Å². The molecule has 1 aromatic carbocycles. The van der Waals surface area contributed by atoms with Crippen LogP contribution in [0.25, 0.3) is 0 Å². The molecule has 22 heavy (non-hydrogen) atoms. The summed E-state index contributed by atoms with van der Waals surface area (Å²) in [7, 11) is 0. The SMILES string of the molecule is CCn1ncc(C(C)NC(=S)Nc2ccc(F)c(Cl)c2)c1C. The number of hydrogen-bond acceptors (Lipinski definition) is 2. The molecule has 0 aliphatic rings. The van der Waals surface area contributed by atoms with Crippen molar-refractivity contribution in [2.24, 2.45) is 0 Å². The van der Waals surface area contributed by atoms with Gasteiger partial charge in [0.15, 0.2) is 5.11 Å². The lowest BCUT2D eigenvalue weighted by Gasteiger charge is -2.17. The molecular formula is C15H18ClFN4S. The Balaban J connectivity index is 2.01. The van der Waals surface area contributed by atoms with Crippen molar-refractivity contribution in [3.8, 4) is 0 Å². The quantitative estimate of drug-likeness (QED) is 0.824. The topological polar surface area (TPSA) is 41.9 Å². The van der Waals surface area contributed by atoms with Crippen molar-refractivity contribution in [1.82, 2.24) is 15.1 Å². The van der Waals surface area contributed by atoms with E-state index in [0.29, 0.717) is 10.8 Å². The van der Waals surface area contributed by atoms with Crippen molar-refractivity contribution >= 4 is 34.6 Å². The van der Waals surface area contributed by atoms with Crippen molar-refractivity contribution in [3.05, 3.63) is 46.5 Å². The van der Waals surface area contributed by atoms with Crippen LogP contribution in [0.3, 0.4) is 0 Å². The van der Waals surface area contributed by atoms with Gasteiger partial charge in [-0.05, 0) is 51.2 Å². The van der Waals surface area contributed by atoms with Gasteiger partial charge in [-0.2, -0.15) is 5.10 Å². The lowest BCUT2D eigenvalue weighted by molar-refractivity contribution is 0.628. The maximum absolute atomic E-state index is 13.1. The molecule has 4 nitrogen and oxygen atoms in total. The molecular weight excluding hydrogens is 323 g/mol. The summed E-state index contributed by atoms with van der Waals surface area (Å²) in [6.07, 6.45) is 1.84. The highest BCUT2D eigenvalue weighted by Gasteiger charge is 2.14. The third-order valence-electron chi connectivity index (χ3n) is 3.43. The zero-order valence-corrected chi connectivity index (χ0v) is 14.2. The number of rotatable bonds is 4. The summed E-state index contributed by atoms with van der Waals surface area (Å²) < 4.78 is 15.1. The van der Waals surface area contributed by atoms with Crippen LogP contribution in [-0.2, 0) is 6.54 Å². The second-order valence-electron chi connectivity index (χ2n) is 4.95. The van der Waals surface area contributed by atoms with Crippen molar-refractivity contribution in [2.75, 3.05) is 5.32 Å². The number of halogens is 2. The minimum Gasteiger partial charge on any atom is -0.356 e. The van der Waals surface area contributed by atoms with Crippen molar-refractivity contribution in [3.63, 3.8) is 0 Å². The molecule has 1 unspecified atom stereocenters. The van der Waals surface area contributed by atoms with Gasteiger partial charge >= 0.3 is 0 Å². The largest absolute Gasteiger partial charge is 0.356 e. The Morgan fingerprint density at radius 1 is 1.50 bits per heavy atom. The van der Waals surface area contributed by atoms with Gasteiger partial charge in [0.05, 0.1) is 17.3 Å². The zero-order chi connectivity index (χ0) is 16.3. The maximum atomic E-state index is 13.1. The second-order valence-corrected chi connectivity index (χ2v) is 5.77. The first-order valence-corrected chi connectivity index (χ1v) is 7.75. The van der Waals surface area contributed by atoms with Crippen molar-refractivity contribution in [2.45, 2.75) is 33.4 Å². The first-order chi connectivity index (χ1) is 10.4. The summed E-state index contributed by atoms with van der Waals surface area (Å²) in [4.78, 5) is 0. The van der Waals surface area contributed by atoms with E-state index in [9.17, 15) is 4.39 Å². The Morgan fingerprint density at radius 3 is 2.82 bits per heavy atom. The molecule has 0 spiro atoms. The average Bonchev–Trinajstić information content (AvgIpc) is 2.83. The maximum Gasteiger partial charge on any atom is 0.171 e. The fourth-order valence-electron chi connectivity index (χ4n) is 2.22. The van der Waals surface area contributed by atoms with E-state index in [-0.39, 0.29) is 11.1 Å². The molecule has 0 aliphatic carbocycles. The van der Waals surface area contributed by atoms with Gasteiger partial charge < -0.3 is 10.6 Å². The molecule has 1 atom stereocenters. The number of benzene rings is 1. The second kappa shape index (κ2) is 7.07. The molecule has 0 fully saturated rings. The molecule has 7 heteroatoms. The van der Waals surface area contributed by atoms with E-state index < -0.39 is 5.82 Å².